The van der Waals surface area contributed by atoms with Crippen molar-refractivity contribution >= 4 is 39.1 Å². The Morgan fingerprint density at radius 2 is 1.75 bits per heavy atom. The number of hydrogen-bond acceptors (Lipinski definition) is 6. The minimum Gasteiger partial charge on any atom is -0.335 e. The Labute approximate surface area is 231 Å². The Kier molecular flexibility index (Phi) is 7.72. The zero-order valence-corrected chi connectivity index (χ0v) is 22.4. The van der Waals surface area contributed by atoms with Gasteiger partial charge in [0.25, 0.3) is 11.5 Å². The number of alkyl halides is 3. The maximum Gasteiger partial charge on any atom is 0.416 e. The maximum absolute atomic E-state index is 13.4. The van der Waals surface area contributed by atoms with Gasteiger partial charge in [0, 0.05) is 38.4 Å². The molecule has 0 saturated carbocycles. The van der Waals surface area contributed by atoms with Gasteiger partial charge in [-0.15, -0.1) is 11.3 Å². The van der Waals surface area contributed by atoms with Crippen LogP contribution in [0.15, 0.2) is 65.7 Å². The Morgan fingerprint density at radius 3 is 2.45 bits per heavy atom. The van der Waals surface area contributed by atoms with Crippen LogP contribution in [-0.4, -0.2) is 57.3 Å². The summed E-state index contributed by atoms with van der Waals surface area (Å²) in [6, 6.07) is 14.4. The molecule has 0 spiro atoms. The molecule has 1 saturated heterocycles. The Bertz CT molecular complexity index is 1610. The van der Waals surface area contributed by atoms with E-state index in [2.05, 4.69) is 27.3 Å². The summed E-state index contributed by atoms with van der Waals surface area (Å²) < 4.78 is 40.0. The van der Waals surface area contributed by atoms with Crippen molar-refractivity contribution < 1.29 is 22.8 Å². The number of fused-ring (bicyclic) bond motifs is 1. The molecule has 5 rings (SSSR count). The SMILES string of the molecule is Cc1c(C(=O)N2CCN(Cc3ccccc3)CC2)sc2ncn(CC(=O)Nc3cccc(C(F)(F)F)c3)c(=O)c12. The zero-order chi connectivity index (χ0) is 28.4. The number of aryl methyl sites for hydroxylation is 1. The largest absolute Gasteiger partial charge is 0.416 e. The number of carbonyl (C=O) groups excluding carboxylic acids is 2. The van der Waals surface area contributed by atoms with Crippen molar-refractivity contribution in [2.45, 2.75) is 26.2 Å². The van der Waals surface area contributed by atoms with Gasteiger partial charge < -0.3 is 10.2 Å². The first kappa shape index (κ1) is 27.5. The number of benzene rings is 2. The third-order valence-corrected chi connectivity index (χ3v) is 8.00. The van der Waals surface area contributed by atoms with Gasteiger partial charge in [0.15, 0.2) is 0 Å². The van der Waals surface area contributed by atoms with Crippen molar-refractivity contribution in [1.82, 2.24) is 19.4 Å². The number of piperazine rings is 1. The van der Waals surface area contributed by atoms with E-state index in [1.165, 1.54) is 24.0 Å². The third kappa shape index (κ3) is 5.92. The summed E-state index contributed by atoms with van der Waals surface area (Å²) in [6.07, 6.45) is -3.34. The highest BCUT2D eigenvalue weighted by molar-refractivity contribution is 7.20. The highest BCUT2D eigenvalue weighted by atomic mass is 32.1. The van der Waals surface area contributed by atoms with Crippen molar-refractivity contribution in [3.8, 4) is 0 Å². The number of aromatic nitrogens is 2. The minimum atomic E-state index is -4.55. The molecule has 0 aliphatic carbocycles. The molecular weight excluding hydrogens is 543 g/mol. The van der Waals surface area contributed by atoms with Crippen molar-refractivity contribution in [3.63, 3.8) is 0 Å². The monoisotopic (exact) mass is 569 g/mol. The van der Waals surface area contributed by atoms with Gasteiger partial charge in [0.05, 0.1) is 22.2 Å². The molecule has 2 aromatic carbocycles. The van der Waals surface area contributed by atoms with E-state index in [1.54, 1.807) is 11.8 Å². The molecule has 2 amide bonds. The lowest BCUT2D eigenvalue weighted by atomic mass is 10.1. The van der Waals surface area contributed by atoms with E-state index >= 15 is 0 Å². The lowest BCUT2D eigenvalue weighted by molar-refractivity contribution is -0.137. The van der Waals surface area contributed by atoms with Gasteiger partial charge in [0.1, 0.15) is 11.4 Å². The van der Waals surface area contributed by atoms with Gasteiger partial charge in [-0.2, -0.15) is 13.2 Å². The smallest absolute Gasteiger partial charge is 0.335 e. The molecule has 208 valence electrons. The van der Waals surface area contributed by atoms with Gasteiger partial charge in [-0.1, -0.05) is 36.4 Å². The van der Waals surface area contributed by atoms with Crippen LogP contribution in [0.3, 0.4) is 0 Å². The third-order valence-electron chi connectivity index (χ3n) is 6.81. The molecular formula is C28H26F3N5O3S. The molecule has 1 aliphatic rings. The van der Waals surface area contributed by atoms with Gasteiger partial charge in [0.2, 0.25) is 5.91 Å². The van der Waals surface area contributed by atoms with Crippen LogP contribution in [0.2, 0.25) is 0 Å². The Morgan fingerprint density at radius 1 is 1.02 bits per heavy atom. The molecule has 2 aromatic heterocycles. The zero-order valence-electron chi connectivity index (χ0n) is 21.6. The van der Waals surface area contributed by atoms with Crippen LogP contribution in [0, 0.1) is 6.92 Å². The summed E-state index contributed by atoms with van der Waals surface area (Å²) in [5.74, 6) is -0.840. The first-order chi connectivity index (χ1) is 19.1. The molecule has 1 aliphatic heterocycles. The van der Waals surface area contributed by atoms with Crippen LogP contribution in [0.25, 0.3) is 10.2 Å². The maximum atomic E-state index is 13.4. The van der Waals surface area contributed by atoms with Gasteiger partial charge >= 0.3 is 6.18 Å². The van der Waals surface area contributed by atoms with Crippen molar-refractivity contribution in [2.24, 2.45) is 0 Å². The number of nitrogens with zero attached hydrogens (tertiary/aromatic N) is 4. The summed E-state index contributed by atoms with van der Waals surface area (Å²) in [4.78, 5) is 48.3. The predicted octanol–water partition coefficient (Wildman–Crippen LogP) is 4.38. The van der Waals surface area contributed by atoms with Crippen molar-refractivity contribution in [1.29, 1.82) is 0 Å². The lowest BCUT2D eigenvalue weighted by Crippen LogP contribution is -2.48. The summed E-state index contributed by atoms with van der Waals surface area (Å²) in [5, 5.41) is 2.64. The van der Waals surface area contributed by atoms with Gasteiger partial charge in [-0.05, 0) is 36.2 Å². The average molecular weight is 570 g/mol. The number of thiophene rings is 1. The fourth-order valence-corrected chi connectivity index (χ4v) is 5.81. The quantitative estimate of drug-likeness (QED) is 0.373. The molecule has 0 atom stereocenters. The fraction of sp³-hybridized carbons (Fsp3) is 0.286. The summed E-state index contributed by atoms with van der Waals surface area (Å²) in [5.41, 5.74) is 0.291. The Balaban J connectivity index is 1.27. The minimum absolute atomic E-state index is 0.0367. The van der Waals surface area contributed by atoms with E-state index in [-0.39, 0.29) is 17.0 Å². The van der Waals surface area contributed by atoms with Crippen LogP contribution in [0.5, 0.6) is 0 Å². The number of rotatable bonds is 6. The average Bonchev–Trinajstić information content (AvgIpc) is 3.27. The lowest BCUT2D eigenvalue weighted by Gasteiger charge is -2.34. The normalized spacial score (nSPS) is 14.4. The van der Waals surface area contributed by atoms with Crippen LogP contribution in [0.1, 0.15) is 26.4 Å². The van der Waals surface area contributed by atoms with Crippen LogP contribution in [0.4, 0.5) is 18.9 Å². The first-order valence-corrected chi connectivity index (χ1v) is 13.4. The number of hydrogen-bond donors (Lipinski definition) is 1. The molecule has 1 fully saturated rings. The molecule has 0 radical (unpaired) electrons. The fourth-order valence-electron chi connectivity index (χ4n) is 4.70. The van der Waals surface area contributed by atoms with Crippen molar-refractivity contribution in [3.05, 3.63) is 92.8 Å². The topological polar surface area (TPSA) is 87.5 Å². The van der Waals surface area contributed by atoms with Crippen molar-refractivity contribution in [2.75, 3.05) is 31.5 Å². The second-order valence-electron chi connectivity index (χ2n) is 9.59. The molecule has 8 nitrogen and oxygen atoms in total. The highest BCUT2D eigenvalue weighted by Crippen LogP contribution is 2.31. The standard InChI is InChI=1S/C28H26F3N5O3S/c1-18-23-25(40-24(18)27(39)35-12-10-34(11-13-35)15-19-6-3-2-4-7-19)32-17-36(26(23)38)16-22(37)33-21-9-5-8-20(14-21)28(29,30)31/h2-9,14,17H,10-13,15-16H2,1H3,(H,33,37). The molecule has 12 heteroatoms. The summed E-state index contributed by atoms with van der Waals surface area (Å²) in [7, 11) is 0. The number of halogens is 3. The van der Waals surface area contributed by atoms with E-state index in [1.807, 2.05) is 18.2 Å². The summed E-state index contributed by atoms with van der Waals surface area (Å²) >= 11 is 1.14. The van der Waals surface area contributed by atoms with Crippen LogP contribution < -0.4 is 10.9 Å². The second-order valence-corrected chi connectivity index (χ2v) is 10.6. The molecule has 0 bridgehead atoms. The second kappa shape index (κ2) is 11.2. The highest BCUT2D eigenvalue weighted by Gasteiger charge is 2.31. The number of carbonyl (C=O) groups is 2. The molecule has 0 unspecified atom stereocenters. The molecule has 3 heterocycles. The molecule has 40 heavy (non-hydrogen) atoms. The number of nitrogens with one attached hydrogen (secondary N) is 1. The molecule has 4 aromatic rings. The van der Waals surface area contributed by atoms with Crippen LogP contribution in [-0.2, 0) is 24.1 Å². The number of amides is 2. The van der Waals surface area contributed by atoms with E-state index < -0.39 is 29.8 Å². The van der Waals surface area contributed by atoms with E-state index in [0.717, 1.165) is 47.7 Å². The predicted molar refractivity (Wildman–Crippen MR) is 146 cm³/mol. The van der Waals surface area contributed by atoms with E-state index in [0.29, 0.717) is 28.4 Å². The molecule has 1 N–H and O–H groups in total. The number of anilines is 1. The van der Waals surface area contributed by atoms with Gasteiger partial charge in [-0.3, -0.25) is 23.9 Å². The van der Waals surface area contributed by atoms with Gasteiger partial charge in [-0.25, -0.2) is 4.98 Å². The first-order valence-electron chi connectivity index (χ1n) is 12.6. The Hall–Kier alpha value is -4.03. The summed E-state index contributed by atoms with van der Waals surface area (Å²) in [6.45, 7) is 4.65. The van der Waals surface area contributed by atoms with E-state index in [4.69, 9.17) is 0 Å². The van der Waals surface area contributed by atoms with Crippen LogP contribution >= 0.6 is 11.3 Å². The van der Waals surface area contributed by atoms with E-state index in [9.17, 15) is 27.6 Å².